The van der Waals surface area contributed by atoms with Crippen LogP contribution >= 0.6 is 0 Å². The number of hydrogen-bond donors (Lipinski definition) is 3. The average Bonchev–Trinajstić information content (AvgIpc) is 2.93. The normalized spacial score (nSPS) is 18.9. The molecule has 0 spiro atoms. The van der Waals surface area contributed by atoms with Gasteiger partial charge in [-0.1, -0.05) is 0 Å². The monoisotopic (exact) mass is 187 g/mol. The lowest BCUT2D eigenvalue weighted by atomic mass is 10.2. The third-order valence-corrected chi connectivity index (χ3v) is 2.53. The first kappa shape index (κ1) is 11.0. The summed E-state index contributed by atoms with van der Waals surface area (Å²) < 4.78 is 0. The van der Waals surface area contributed by atoms with E-state index in [4.69, 9.17) is 5.11 Å². The molecule has 1 fully saturated rings. The molecule has 0 amide bonds. The first-order valence-electron chi connectivity index (χ1n) is 5.34. The summed E-state index contributed by atoms with van der Waals surface area (Å²) in [6, 6.07) is 0. The van der Waals surface area contributed by atoms with Crippen molar-refractivity contribution in [2.75, 3.05) is 19.7 Å². The summed E-state index contributed by atoms with van der Waals surface area (Å²) in [7, 11) is 0. The summed E-state index contributed by atoms with van der Waals surface area (Å²) in [5, 5.41) is 21.3. The van der Waals surface area contributed by atoms with Crippen LogP contribution in [-0.2, 0) is 0 Å². The van der Waals surface area contributed by atoms with Crippen molar-refractivity contribution in [2.24, 2.45) is 5.92 Å². The van der Waals surface area contributed by atoms with Crippen molar-refractivity contribution >= 4 is 0 Å². The van der Waals surface area contributed by atoms with Gasteiger partial charge in [-0.05, 0) is 44.6 Å². The maximum Gasteiger partial charge on any atom is 0.0692 e. The minimum Gasteiger partial charge on any atom is -0.396 e. The zero-order valence-electron chi connectivity index (χ0n) is 8.21. The molecule has 0 radical (unpaired) electrons. The quantitative estimate of drug-likeness (QED) is 0.485. The standard InChI is InChI=1S/C10H21NO2/c12-7-3-1-2-6-11-8-10(13)9-4-5-9/h9-13H,1-8H2. The molecule has 1 atom stereocenters. The van der Waals surface area contributed by atoms with Gasteiger partial charge in [-0.25, -0.2) is 0 Å². The van der Waals surface area contributed by atoms with E-state index >= 15 is 0 Å². The van der Waals surface area contributed by atoms with Crippen LogP contribution in [0.4, 0.5) is 0 Å². The molecule has 13 heavy (non-hydrogen) atoms. The van der Waals surface area contributed by atoms with Crippen LogP contribution in [0.2, 0.25) is 0 Å². The fourth-order valence-corrected chi connectivity index (χ4v) is 1.44. The Morgan fingerprint density at radius 1 is 1.23 bits per heavy atom. The summed E-state index contributed by atoms with van der Waals surface area (Å²) in [5.74, 6) is 0.574. The van der Waals surface area contributed by atoms with E-state index in [0.717, 1.165) is 32.4 Å². The Labute approximate surface area is 80.2 Å². The van der Waals surface area contributed by atoms with Gasteiger partial charge in [0.1, 0.15) is 0 Å². The molecule has 0 aliphatic heterocycles. The Morgan fingerprint density at radius 2 is 2.00 bits per heavy atom. The SMILES string of the molecule is OCCCCCNCC(O)C1CC1. The van der Waals surface area contributed by atoms with Gasteiger partial charge in [0.25, 0.3) is 0 Å². The van der Waals surface area contributed by atoms with Gasteiger partial charge in [0.15, 0.2) is 0 Å². The number of unbranched alkanes of at least 4 members (excludes halogenated alkanes) is 2. The Balaban J connectivity index is 1.77. The van der Waals surface area contributed by atoms with E-state index in [-0.39, 0.29) is 6.10 Å². The Hall–Kier alpha value is -0.120. The molecule has 3 N–H and O–H groups in total. The smallest absolute Gasteiger partial charge is 0.0692 e. The van der Waals surface area contributed by atoms with Crippen molar-refractivity contribution in [3.8, 4) is 0 Å². The van der Waals surface area contributed by atoms with E-state index in [1.54, 1.807) is 0 Å². The second kappa shape index (κ2) is 6.35. The van der Waals surface area contributed by atoms with Gasteiger partial charge >= 0.3 is 0 Å². The van der Waals surface area contributed by atoms with Gasteiger partial charge < -0.3 is 15.5 Å². The molecule has 3 nitrogen and oxygen atoms in total. The molecule has 0 aromatic heterocycles. The molecular formula is C10H21NO2. The number of rotatable bonds is 8. The van der Waals surface area contributed by atoms with Crippen molar-refractivity contribution < 1.29 is 10.2 Å². The molecule has 0 bridgehead atoms. The van der Waals surface area contributed by atoms with Gasteiger partial charge in [0, 0.05) is 13.2 Å². The fourth-order valence-electron chi connectivity index (χ4n) is 1.44. The minimum atomic E-state index is -0.127. The number of nitrogens with one attached hydrogen (secondary N) is 1. The van der Waals surface area contributed by atoms with E-state index < -0.39 is 0 Å². The molecule has 1 unspecified atom stereocenters. The number of aliphatic hydroxyl groups excluding tert-OH is 2. The van der Waals surface area contributed by atoms with Gasteiger partial charge in [-0.2, -0.15) is 0 Å². The Bertz CT molecular complexity index is 126. The van der Waals surface area contributed by atoms with Crippen molar-refractivity contribution in [3.63, 3.8) is 0 Å². The van der Waals surface area contributed by atoms with E-state index in [1.807, 2.05) is 0 Å². The van der Waals surface area contributed by atoms with E-state index in [2.05, 4.69) is 5.32 Å². The van der Waals surface area contributed by atoms with Crippen LogP contribution in [0.1, 0.15) is 32.1 Å². The van der Waals surface area contributed by atoms with Crippen LogP contribution < -0.4 is 5.32 Å². The van der Waals surface area contributed by atoms with Gasteiger partial charge in [-0.3, -0.25) is 0 Å². The topological polar surface area (TPSA) is 52.5 Å². The van der Waals surface area contributed by atoms with Crippen LogP contribution in [0.15, 0.2) is 0 Å². The highest BCUT2D eigenvalue weighted by atomic mass is 16.3. The lowest BCUT2D eigenvalue weighted by Crippen LogP contribution is -2.28. The first-order chi connectivity index (χ1) is 6.34. The predicted octanol–water partition coefficient (Wildman–Crippen LogP) is 0.509. The molecule has 0 aromatic carbocycles. The second-order valence-corrected chi connectivity index (χ2v) is 3.89. The highest BCUT2D eigenvalue weighted by molar-refractivity contribution is 4.81. The van der Waals surface area contributed by atoms with Crippen LogP contribution in [0.25, 0.3) is 0 Å². The zero-order chi connectivity index (χ0) is 9.52. The molecule has 0 aromatic rings. The molecule has 78 valence electrons. The van der Waals surface area contributed by atoms with Crippen LogP contribution in [0.3, 0.4) is 0 Å². The zero-order valence-corrected chi connectivity index (χ0v) is 8.21. The molecule has 0 saturated heterocycles. The van der Waals surface area contributed by atoms with E-state index in [1.165, 1.54) is 12.8 Å². The molecular weight excluding hydrogens is 166 g/mol. The largest absolute Gasteiger partial charge is 0.396 e. The van der Waals surface area contributed by atoms with Gasteiger partial charge in [0.2, 0.25) is 0 Å². The van der Waals surface area contributed by atoms with Crippen molar-refractivity contribution in [2.45, 2.75) is 38.2 Å². The number of hydrogen-bond acceptors (Lipinski definition) is 3. The van der Waals surface area contributed by atoms with Crippen LogP contribution in [0, 0.1) is 5.92 Å². The van der Waals surface area contributed by atoms with Crippen LogP contribution in [0.5, 0.6) is 0 Å². The van der Waals surface area contributed by atoms with Crippen LogP contribution in [-0.4, -0.2) is 36.0 Å². The van der Waals surface area contributed by atoms with E-state index in [9.17, 15) is 5.11 Å². The third-order valence-electron chi connectivity index (χ3n) is 2.53. The molecule has 0 heterocycles. The maximum atomic E-state index is 9.49. The molecule has 1 aliphatic carbocycles. The number of aliphatic hydroxyl groups is 2. The van der Waals surface area contributed by atoms with Crippen molar-refractivity contribution in [1.29, 1.82) is 0 Å². The van der Waals surface area contributed by atoms with Crippen molar-refractivity contribution in [1.82, 2.24) is 5.32 Å². The lowest BCUT2D eigenvalue weighted by molar-refractivity contribution is 0.149. The predicted molar refractivity (Wildman–Crippen MR) is 52.5 cm³/mol. The summed E-state index contributed by atoms with van der Waals surface area (Å²) in [6.07, 6.45) is 5.34. The second-order valence-electron chi connectivity index (χ2n) is 3.89. The van der Waals surface area contributed by atoms with Gasteiger partial charge in [0.05, 0.1) is 6.10 Å². The van der Waals surface area contributed by atoms with E-state index in [0.29, 0.717) is 12.5 Å². The molecule has 1 aliphatic rings. The highest BCUT2D eigenvalue weighted by Gasteiger charge is 2.28. The summed E-state index contributed by atoms with van der Waals surface area (Å²) in [6.45, 7) is 2.00. The first-order valence-corrected chi connectivity index (χ1v) is 5.34. The fraction of sp³-hybridized carbons (Fsp3) is 1.00. The molecule has 1 rings (SSSR count). The highest BCUT2D eigenvalue weighted by Crippen LogP contribution is 2.32. The molecule has 3 heteroatoms. The van der Waals surface area contributed by atoms with Gasteiger partial charge in [-0.15, -0.1) is 0 Å². The lowest BCUT2D eigenvalue weighted by Gasteiger charge is -2.09. The average molecular weight is 187 g/mol. The third kappa shape index (κ3) is 5.24. The molecule has 1 saturated carbocycles. The maximum absolute atomic E-state index is 9.49. The minimum absolute atomic E-state index is 0.127. The van der Waals surface area contributed by atoms with Crippen molar-refractivity contribution in [3.05, 3.63) is 0 Å². The summed E-state index contributed by atoms with van der Waals surface area (Å²) in [5.41, 5.74) is 0. The summed E-state index contributed by atoms with van der Waals surface area (Å²) >= 11 is 0. The Morgan fingerprint density at radius 3 is 2.62 bits per heavy atom. The summed E-state index contributed by atoms with van der Waals surface area (Å²) in [4.78, 5) is 0. The Kier molecular flexibility index (Phi) is 5.35.